The van der Waals surface area contributed by atoms with E-state index in [4.69, 9.17) is 5.73 Å². The first-order valence-electron chi connectivity index (χ1n) is 6.61. The Morgan fingerprint density at radius 3 is 2.57 bits per heavy atom. The number of hydrogen-bond donors (Lipinski definition) is 3. The molecule has 0 saturated heterocycles. The van der Waals surface area contributed by atoms with Crippen molar-refractivity contribution < 1.29 is 9.18 Å². The summed E-state index contributed by atoms with van der Waals surface area (Å²) in [6.45, 7) is 0.630. The zero-order valence-corrected chi connectivity index (χ0v) is 11.5. The van der Waals surface area contributed by atoms with Crippen LogP contribution in [0.25, 0.3) is 0 Å². The van der Waals surface area contributed by atoms with Gasteiger partial charge in [-0.15, -0.1) is 0 Å². The summed E-state index contributed by atoms with van der Waals surface area (Å²) < 4.78 is 12.8. The van der Waals surface area contributed by atoms with E-state index in [2.05, 4.69) is 15.6 Å². The van der Waals surface area contributed by atoms with Crippen molar-refractivity contribution in [2.45, 2.75) is 6.42 Å². The fourth-order valence-corrected chi connectivity index (χ4v) is 1.77. The Bertz CT molecular complexity index is 584. The third-order valence-corrected chi connectivity index (χ3v) is 2.87. The highest BCUT2D eigenvalue weighted by Gasteiger charge is 2.00. The first-order valence-corrected chi connectivity index (χ1v) is 6.61. The molecule has 0 aliphatic heterocycles. The van der Waals surface area contributed by atoms with Crippen LogP contribution < -0.4 is 16.4 Å². The number of carbonyl (C=O) groups excluding carboxylic acids is 1. The van der Waals surface area contributed by atoms with Gasteiger partial charge in [0.15, 0.2) is 0 Å². The number of amides is 1. The second kappa shape index (κ2) is 7.35. The minimum absolute atomic E-state index is 0.0579. The van der Waals surface area contributed by atoms with Crippen LogP contribution in [0.2, 0.25) is 0 Å². The topological polar surface area (TPSA) is 80.0 Å². The summed E-state index contributed by atoms with van der Waals surface area (Å²) in [6, 6.07) is 9.94. The second-order valence-electron chi connectivity index (χ2n) is 4.49. The quantitative estimate of drug-likeness (QED) is 0.757. The van der Waals surface area contributed by atoms with Crippen LogP contribution >= 0.6 is 0 Å². The summed E-state index contributed by atoms with van der Waals surface area (Å²) >= 11 is 0. The number of nitrogens with zero attached hydrogens (tertiary/aromatic N) is 1. The Balaban J connectivity index is 1.80. The van der Waals surface area contributed by atoms with Gasteiger partial charge >= 0.3 is 0 Å². The Morgan fingerprint density at radius 1 is 1.19 bits per heavy atom. The molecule has 2 rings (SSSR count). The highest BCUT2D eigenvalue weighted by atomic mass is 19.1. The van der Waals surface area contributed by atoms with E-state index in [-0.39, 0.29) is 18.3 Å². The van der Waals surface area contributed by atoms with Crippen molar-refractivity contribution in [3.63, 3.8) is 0 Å². The molecule has 1 heterocycles. The molecule has 0 aliphatic carbocycles. The molecule has 6 heteroatoms. The standard InChI is InChI=1S/C15H17FN4O/c16-12-3-1-11(2-4-12)7-8-18-14-6-5-13(10-19-14)20-15(21)9-17/h1-6,10H,7-9,17H2,(H,18,19)(H,20,21). The van der Waals surface area contributed by atoms with E-state index in [0.29, 0.717) is 18.1 Å². The SMILES string of the molecule is NCC(=O)Nc1ccc(NCCc2ccc(F)cc2)nc1. The number of anilines is 2. The smallest absolute Gasteiger partial charge is 0.238 e. The number of nitrogens with one attached hydrogen (secondary N) is 2. The van der Waals surface area contributed by atoms with Gasteiger partial charge in [0.25, 0.3) is 0 Å². The molecule has 1 aromatic heterocycles. The Morgan fingerprint density at radius 2 is 1.95 bits per heavy atom. The molecule has 0 aliphatic rings. The van der Waals surface area contributed by atoms with Gasteiger partial charge in [0.05, 0.1) is 18.4 Å². The maximum absolute atomic E-state index is 12.8. The van der Waals surface area contributed by atoms with Gasteiger partial charge in [0.1, 0.15) is 11.6 Å². The summed E-state index contributed by atoms with van der Waals surface area (Å²) in [6.07, 6.45) is 2.33. The Kier molecular flexibility index (Phi) is 5.22. The molecular weight excluding hydrogens is 271 g/mol. The minimum atomic E-state index is -0.256. The van der Waals surface area contributed by atoms with Crippen LogP contribution in [0.15, 0.2) is 42.6 Å². The molecular formula is C15H17FN4O. The fraction of sp³-hybridized carbons (Fsp3) is 0.200. The summed E-state index contributed by atoms with van der Waals surface area (Å²) in [5.41, 5.74) is 6.87. The van der Waals surface area contributed by atoms with E-state index >= 15 is 0 Å². The normalized spacial score (nSPS) is 10.2. The van der Waals surface area contributed by atoms with Crippen molar-refractivity contribution in [2.75, 3.05) is 23.7 Å². The molecule has 0 atom stereocenters. The van der Waals surface area contributed by atoms with E-state index in [0.717, 1.165) is 12.0 Å². The predicted octanol–water partition coefficient (Wildman–Crippen LogP) is 1.77. The molecule has 0 radical (unpaired) electrons. The van der Waals surface area contributed by atoms with Crippen molar-refractivity contribution in [1.29, 1.82) is 0 Å². The lowest BCUT2D eigenvalue weighted by atomic mass is 10.1. The van der Waals surface area contributed by atoms with Crippen molar-refractivity contribution in [1.82, 2.24) is 4.98 Å². The van der Waals surface area contributed by atoms with Gasteiger partial charge in [-0.05, 0) is 36.2 Å². The predicted molar refractivity (Wildman–Crippen MR) is 80.5 cm³/mol. The lowest BCUT2D eigenvalue weighted by Gasteiger charge is -2.07. The highest BCUT2D eigenvalue weighted by Crippen LogP contribution is 2.10. The third kappa shape index (κ3) is 4.85. The number of pyridine rings is 1. The lowest BCUT2D eigenvalue weighted by molar-refractivity contribution is -0.114. The van der Waals surface area contributed by atoms with Gasteiger partial charge in [-0.1, -0.05) is 12.1 Å². The van der Waals surface area contributed by atoms with Crippen molar-refractivity contribution in [3.8, 4) is 0 Å². The Hall–Kier alpha value is -2.47. The van der Waals surface area contributed by atoms with Crippen LogP contribution in [0.3, 0.4) is 0 Å². The zero-order chi connectivity index (χ0) is 15.1. The van der Waals surface area contributed by atoms with Crippen LogP contribution in [-0.4, -0.2) is 24.0 Å². The number of carbonyl (C=O) groups is 1. The largest absolute Gasteiger partial charge is 0.370 e. The molecule has 4 N–H and O–H groups in total. The molecule has 21 heavy (non-hydrogen) atoms. The molecule has 0 bridgehead atoms. The van der Waals surface area contributed by atoms with Gasteiger partial charge in [0, 0.05) is 6.54 Å². The van der Waals surface area contributed by atoms with Crippen molar-refractivity contribution in [3.05, 3.63) is 54.0 Å². The molecule has 1 aromatic carbocycles. The lowest BCUT2D eigenvalue weighted by Crippen LogP contribution is -2.21. The van der Waals surface area contributed by atoms with Crippen LogP contribution in [0.5, 0.6) is 0 Å². The van der Waals surface area contributed by atoms with Crippen LogP contribution in [0.1, 0.15) is 5.56 Å². The zero-order valence-electron chi connectivity index (χ0n) is 11.5. The maximum Gasteiger partial charge on any atom is 0.238 e. The van der Waals surface area contributed by atoms with E-state index in [1.807, 2.05) is 0 Å². The summed E-state index contributed by atoms with van der Waals surface area (Å²) in [4.78, 5) is 15.3. The van der Waals surface area contributed by atoms with Crippen LogP contribution in [0, 0.1) is 5.82 Å². The molecule has 110 valence electrons. The van der Waals surface area contributed by atoms with E-state index in [1.165, 1.54) is 12.1 Å². The van der Waals surface area contributed by atoms with Crippen LogP contribution in [-0.2, 0) is 11.2 Å². The van der Waals surface area contributed by atoms with Gasteiger partial charge in [0.2, 0.25) is 5.91 Å². The van der Waals surface area contributed by atoms with Gasteiger partial charge in [-0.2, -0.15) is 0 Å². The first kappa shape index (κ1) is 14.9. The molecule has 0 spiro atoms. The second-order valence-corrected chi connectivity index (χ2v) is 4.49. The number of hydrogen-bond acceptors (Lipinski definition) is 4. The van der Waals surface area contributed by atoms with E-state index < -0.39 is 0 Å². The number of nitrogens with two attached hydrogens (primary N) is 1. The monoisotopic (exact) mass is 288 g/mol. The molecule has 0 unspecified atom stereocenters. The summed E-state index contributed by atoms with van der Waals surface area (Å²) in [7, 11) is 0. The molecule has 5 nitrogen and oxygen atoms in total. The molecule has 0 fully saturated rings. The summed E-state index contributed by atoms with van der Waals surface area (Å²) in [5.74, 6) is 0.222. The number of halogens is 1. The van der Waals surface area contributed by atoms with Gasteiger partial charge in [-0.25, -0.2) is 9.37 Å². The first-order chi connectivity index (χ1) is 10.2. The number of aromatic nitrogens is 1. The minimum Gasteiger partial charge on any atom is -0.370 e. The van der Waals surface area contributed by atoms with E-state index in [9.17, 15) is 9.18 Å². The highest BCUT2D eigenvalue weighted by molar-refractivity contribution is 5.91. The molecule has 2 aromatic rings. The fourth-order valence-electron chi connectivity index (χ4n) is 1.77. The van der Waals surface area contributed by atoms with Gasteiger partial charge in [-0.3, -0.25) is 4.79 Å². The maximum atomic E-state index is 12.8. The Labute approximate surface area is 122 Å². The van der Waals surface area contributed by atoms with Gasteiger partial charge < -0.3 is 16.4 Å². The van der Waals surface area contributed by atoms with Crippen molar-refractivity contribution in [2.24, 2.45) is 5.73 Å². The molecule has 0 saturated carbocycles. The van der Waals surface area contributed by atoms with Crippen molar-refractivity contribution >= 4 is 17.4 Å². The average molecular weight is 288 g/mol. The van der Waals surface area contributed by atoms with Crippen LogP contribution in [0.4, 0.5) is 15.9 Å². The third-order valence-electron chi connectivity index (χ3n) is 2.87. The number of benzene rings is 1. The summed E-state index contributed by atoms with van der Waals surface area (Å²) in [5, 5.41) is 5.78. The molecule has 1 amide bonds. The average Bonchev–Trinajstić information content (AvgIpc) is 2.51. The number of rotatable bonds is 6. The van der Waals surface area contributed by atoms with E-state index in [1.54, 1.807) is 30.5 Å².